The lowest BCUT2D eigenvalue weighted by molar-refractivity contribution is 0.417. The summed E-state index contributed by atoms with van der Waals surface area (Å²) < 4.78 is 5.32. The van der Waals surface area contributed by atoms with E-state index in [1.54, 1.807) is 7.11 Å². The van der Waals surface area contributed by atoms with Crippen LogP contribution in [0.3, 0.4) is 0 Å². The number of para-hydroxylation sites is 2. The number of aromatic nitrogens is 3. The summed E-state index contributed by atoms with van der Waals surface area (Å²) in [5.74, 6) is 1.62. The first-order valence-corrected chi connectivity index (χ1v) is 8.20. The van der Waals surface area contributed by atoms with Gasteiger partial charge in [-0.05, 0) is 36.6 Å². The highest BCUT2D eigenvalue weighted by Gasteiger charge is 2.15. The van der Waals surface area contributed by atoms with Gasteiger partial charge in [-0.2, -0.15) is 15.0 Å². The Morgan fingerprint density at radius 2 is 1.78 bits per heavy atom. The van der Waals surface area contributed by atoms with Crippen LogP contribution in [0.5, 0.6) is 5.75 Å². The van der Waals surface area contributed by atoms with Crippen LogP contribution in [0.1, 0.15) is 32.1 Å². The molecule has 6 nitrogen and oxygen atoms in total. The fourth-order valence-corrected chi connectivity index (χ4v) is 2.93. The molecule has 0 bridgehead atoms. The molecule has 2 N–H and O–H groups in total. The second-order valence-electron chi connectivity index (χ2n) is 5.56. The highest BCUT2D eigenvalue weighted by molar-refractivity contribution is 6.28. The molecule has 23 heavy (non-hydrogen) atoms. The third-order valence-electron chi connectivity index (χ3n) is 3.90. The summed E-state index contributed by atoms with van der Waals surface area (Å²) in [5, 5.41) is 6.65. The highest BCUT2D eigenvalue weighted by atomic mass is 35.5. The molecule has 0 atom stereocenters. The van der Waals surface area contributed by atoms with Gasteiger partial charge in [0.1, 0.15) is 5.75 Å². The summed E-state index contributed by atoms with van der Waals surface area (Å²) in [6.45, 7) is 0. The maximum Gasteiger partial charge on any atom is 0.233 e. The van der Waals surface area contributed by atoms with E-state index in [-0.39, 0.29) is 5.28 Å². The second kappa shape index (κ2) is 7.46. The monoisotopic (exact) mass is 333 g/mol. The summed E-state index contributed by atoms with van der Waals surface area (Å²) in [5.41, 5.74) is 0.779. The van der Waals surface area contributed by atoms with Crippen molar-refractivity contribution in [2.45, 2.75) is 38.1 Å². The number of halogens is 1. The minimum atomic E-state index is 0.163. The van der Waals surface area contributed by atoms with Gasteiger partial charge < -0.3 is 15.4 Å². The fourth-order valence-electron chi connectivity index (χ4n) is 2.77. The van der Waals surface area contributed by atoms with E-state index >= 15 is 0 Å². The van der Waals surface area contributed by atoms with Crippen molar-refractivity contribution in [3.05, 3.63) is 29.5 Å². The van der Waals surface area contributed by atoms with E-state index in [2.05, 4.69) is 25.6 Å². The van der Waals surface area contributed by atoms with Crippen molar-refractivity contribution < 1.29 is 4.74 Å². The zero-order valence-electron chi connectivity index (χ0n) is 13.1. The Bertz CT molecular complexity index is 661. The fraction of sp³-hybridized carbons (Fsp3) is 0.438. The van der Waals surface area contributed by atoms with Crippen molar-refractivity contribution in [1.29, 1.82) is 0 Å². The van der Waals surface area contributed by atoms with Crippen molar-refractivity contribution >= 4 is 29.2 Å². The van der Waals surface area contributed by atoms with E-state index in [0.717, 1.165) is 18.5 Å². The lowest BCUT2D eigenvalue weighted by Gasteiger charge is -2.22. The lowest BCUT2D eigenvalue weighted by atomic mass is 9.96. The third kappa shape index (κ3) is 4.22. The molecule has 1 saturated carbocycles. The number of hydrogen-bond acceptors (Lipinski definition) is 6. The number of nitrogens with zero attached hydrogens (tertiary/aromatic N) is 3. The standard InChI is InChI=1S/C16H20ClN5O/c1-23-13-10-6-5-9-12(13)19-16-21-14(17)20-15(22-16)18-11-7-3-2-4-8-11/h5-6,9-11H,2-4,7-8H2,1H3,(H2,18,19,20,21,22). The Kier molecular flexibility index (Phi) is 5.12. The molecule has 122 valence electrons. The molecule has 1 aromatic heterocycles. The molecule has 1 aliphatic carbocycles. The minimum Gasteiger partial charge on any atom is -0.495 e. The van der Waals surface area contributed by atoms with Crippen LogP contribution >= 0.6 is 11.6 Å². The molecule has 1 aliphatic rings. The Balaban J connectivity index is 1.77. The number of hydrogen-bond donors (Lipinski definition) is 2. The zero-order valence-corrected chi connectivity index (χ0v) is 13.8. The summed E-state index contributed by atoms with van der Waals surface area (Å²) >= 11 is 6.03. The maximum absolute atomic E-state index is 6.03. The van der Waals surface area contributed by atoms with Gasteiger partial charge in [0.25, 0.3) is 0 Å². The number of ether oxygens (including phenoxy) is 1. The predicted molar refractivity (Wildman–Crippen MR) is 91.6 cm³/mol. The first-order valence-electron chi connectivity index (χ1n) is 7.83. The maximum atomic E-state index is 6.03. The van der Waals surface area contributed by atoms with Gasteiger partial charge in [-0.15, -0.1) is 0 Å². The Morgan fingerprint density at radius 1 is 1.04 bits per heavy atom. The number of nitrogens with one attached hydrogen (secondary N) is 2. The molecule has 2 aromatic rings. The third-order valence-corrected chi connectivity index (χ3v) is 4.07. The second-order valence-corrected chi connectivity index (χ2v) is 5.89. The minimum absolute atomic E-state index is 0.163. The normalized spacial score (nSPS) is 15.2. The molecule has 0 unspecified atom stereocenters. The number of methoxy groups -OCH3 is 1. The summed E-state index contributed by atoms with van der Waals surface area (Å²) in [6.07, 6.45) is 6.06. The van der Waals surface area contributed by atoms with Crippen molar-refractivity contribution in [1.82, 2.24) is 15.0 Å². The largest absolute Gasteiger partial charge is 0.495 e. The SMILES string of the molecule is COc1ccccc1Nc1nc(Cl)nc(NC2CCCCC2)n1. The summed E-state index contributed by atoms with van der Waals surface area (Å²) in [4.78, 5) is 12.7. The van der Waals surface area contributed by atoms with Crippen LogP contribution in [0.15, 0.2) is 24.3 Å². The molecular formula is C16H20ClN5O. The van der Waals surface area contributed by atoms with Gasteiger partial charge in [-0.25, -0.2) is 0 Å². The molecule has 0 radical (unpaired) electrons. The van der Waals surface area contributed by atoms with Gasteiger partial charge in [0.05, 0.1) is 12.8 Å². The lowest BCUT2D eigenvalue weighted by Crippen LogP contribution is -2.23. The van der Waals surface area contributed by atoms with E-state index < -0.39 is 0 Å². The van der Waals surface area contributed by atoms with Crippen LogP contribution in [0.2, 0.25) is 5.28 Å². The summed E-state index contributed by atoms with van der Waals surface area (Å²) in [7, 11) is 1.62. The molecule has 0 aliphatic heterocycles. The average molecular weight is 334 g/mol. The Labute approximate surface area is 140 Å². The van der Waals surface area contributed by atoms with E-state index in [0.29, 0.717) is 23.7 Å². The highest BCUT2D eigenvalue weighted by Crippen LogP contribution is 2.26. The first kappa shape index (κ1) is 15.8. The van der Waals surface area contributed by atoms with Gasteiger partial charge in [0, 0.05) is 6.04 Å². The van der Waals surface area contributed by atoms with Crippen LogP contribution in [0.25, 0.3) is 0 Å². The van der Waals surface area contributed by atoms with Crippen LogP contribution in [-0.4, -0.2) is 28.1 Å². The van der Waals surface area contributed by atoms with E-state index in [9.17, 15) is 0 Å². The van der Waals surface area contributed by atoms with Gasteiger partial charge in [0.15, 0.2) is 0 Å². The van der Waals surface area contributed by atoms with Crippen molar-refractivity contribution in [3.8, 4) is 5.75 Å². The van der Waals surface area contributed by atoms with Crippen molar-refractivity contribution in [2.75, 3.05) is 17.7 Å². The van der Waals surface area contributed by atoms with E-state index in [4.69, 9.17) is 16.3 Å². The molecule has 1 aromatic carbocycles. The number of rotatable bonds is 5. The Hall–Kier alpha value is -2.08. The molecule has 0 amide bonds. The van der Waals surface area contributed by atoms with Crippen LogP contribution in [-0.2, 0) is 0 Å². The van der Waals surface area contributed by atoms with Gasteiger partial charge in [0.2, 0.25) is 17.2 Å². The van der Waals surface area contributed by atoms with Gasteiger partial charge in [-0.3, -0.25) is 0 Å². The van der Waals surface area contributed by atoms with E-state index in [1.165, 1.54) is 19.3 Å². The van der Waals surface area contributed by atoms with Crippen LogP contribution < -0.4 is 15.4 Å². The van der Waals surface area contributed by atoms with Crippen molar-refractivity contribution in [2.24, 2.45) is 0 Å². The quantitative estimate of drug-likeness (QED) is 0.861. The van der Waals surface area contributed by atoms with Crippen molar-refractivity contribution in [3.63, 3.8) is 0 Å². The predicted octanol–water partition coefficient (Wildman–Crippen LogP) is 4.02. The molecular weight excluding hydrogens is 314 g/mol. The molecule has 0 spiro atoms. The molecule has 7 heteroatoms. The number of anilines is 3. The van der Waals surface area contributed by atoms with Gasteiger partial charge in [-0.1, -0.05) is 31.4 Å². The molecule has 0 saturated heterocycles. The average Bonchev–Trinajstić information content (AvgIpc) is 2.56. The topological polar surface area (TPSA) is 72.0 Å². The zero-order chi connectivity index (χ0) is 16.1. The first-order chi connectivity index (χ1) is 11.2. The van der Waals surface area contributed by atoms with E-state index in [1.807, 2.05) is 24.3 Å². The molecule has 3 rings (SSSR count). The smallest absolute Gasteiger partial charge is 0.233 e. The molecule has 1 fully saturated rings. The number of benzene rings is 1. The van der Waals surface area contributed by atoms with Crippen LogP contribution in [0, 0.1) is 0 Å². The summed E-state index contributed by atoms with van der Waals surface area (Å²) in [6, 6.07) is 7.98. The Morgan fingerprint density at radius 3 is 2.57 bits per heavy atom. The van der Waals surface area contributed by atoms with Gasteiger partial charge >= 0.3 is 0 Å². The molecule has 1 heterocycles. The van der Waals surface area contributed by atoms with Crippen LogP contribution in [0.4, 0.5) is 17.6 Å².